The van der Waals surface area contributed by atoms with E-state index in [1.54, 1.807) is 6.92 Å². The van der Waals surface area contributed by atoms with Crippen molar-refractivity contribution in [3.8, 4) is 0 Å². The zero-order valence-corrected chi connectivity index (χ0v) is 83.7. The standard InChI is InChI=1S/C17H16ClF3O6S.C16H17N3O5S.C15H12F3NO4S.C14H13ClO5S.C14H13F3N2O4S.C14H13NO7S/c1-28(25,26)13-6-5-9(15(18)10(13)7-27-8-17(19,20)21)16(24)14-11(22)3-2-4-12(14)23;1-9-10(15(20)11-8-17-19(2)16(11)21)4-5-13(25(3,22)23)14(9)12-6-7-24-18-12;1-24(21,22)12-6-9(15(16,17)18)4-5-10(12)13(20)11-7-19-23-14(11)8-2-3-8;1-21(19,20)8-5-6-9(10(15)7-8)14(18)13-11(16)3-2-4-12(13)17;1-7-11(13(21)19(2)18-7)12(20)9-5-4-8(14(15,16)17)6-10(9)24(3,22)23;1-23(21,22)8-5-6-9(10(7-8)15(19)20)14(18)13-11(16)3-2-4-12(13)17/h5-6,14H,2-4,7-8H2,1H3;4-5,8,17H,6-7H2,1-3H3;4-8H,2-3H2,1H3;5-7,13H,2-4H2,1H3;4-6,18H,1-3H3;5-7,13H,2-4H2,1H3. The third-order valence-electron chi connectivity index (χ3n) is 22.4. The molecule has 9 aromatic rings. The molecule has 0 bridgehead atoms. The molecular formula is C90H84Cl2F9N7O31S6. The van der Waals surface area contributed by atoms with Crippen molar-refractivity contribution in [2.24, 2.45) is 37.0 Å². The Morgan fingerprint density at radius 2 is 0.903 bits per heavy atom. The van der Waals surface area contributed by atoms with Crippen LogP contribution in [0.1, 0.15) is 201 Å². The number of nitro benzene ring substituents is 1. The van der Waals surface area contributed by atoms with E-state index in [2.05, 4.69) is 25.2 Å². The summed E-state index contributed by atoms with van der Waals surface area (Å²) < 4.78 is 267. The zero-order valence-electron chi connectivity index (χ0n) is 77.3. The number of carbonyl (C=O) groups excluding carboxylic acids is 12. The molecule has 4 fully saturated rings. The third-order valence-corrected chi connectivity index (χ3v) is 30.0. The SMILES string of the molecule is CS(=O)(=O)c1cc(C(F)(F)F)ccc1C(=O)c1cnoc1C1CC1.CS(=O)(=O)c1ccc(C(=O)C2C(=O)CCCC2=O)c(Cl)c1.CS(=O)(=O)c1ccc(C(=O)C2C(=O)CCCC2=O)c(Cl)c1COCC(F)(F)F.CS(=O)(=O)c1ccc(C(=O)C2C(=O)CCCC2=O)c([N+](=O)[O-])c1.Cc1[nH]n(C)c(=O)c1C(=O)c1ccc(C(F)(F)F)cc1S(C)(=O)=O.Cc1c(C(=O)c2c[nH]n(C)c2=O)ccc(S(C)(=O)=O)c1C1=NOCC1. The monoisotopic (exact) mass is 2190 g/mol. The van der Waals surface area contributed by atoms with Crippen LogP contribution < -0.4 is 11.1 Å². The number of aromatic amines is 2. The Bertz CT molecular complexity index is 7740. The Labute approximate surface area is 827 Å². The summed E-state index contributed by atoms with van der Waals surface area (Å²) in [5.41, 5.74) is -4.57. The van der Waals surface area contributed by atoms with Crippen LogP contribution in [0.15, 0.2) is 158 Å². The van der Waals surface area contributed by atoms with Gasteiger partial charge in [-0.05, 0) is 143 Å². The number of alkyl halides is 9. The smallest absolute Gasteiger partial charge is 0.395 e. The van der Waals surface area contributed by atoms with Crippen LogP contribution in [0.2, 0.25) is 10.0 Å². The van der Waals surface area contributed by atoms with Crippen molar-refractivity contribution in [3.63, 3.8) is 0 Å². The van der Waals surface area contributed by atoms with E-state index in [0.717, 1.165) is 97.3 Å². The molecule has 5 aliphatic rings. The van der Waals surface area contributed by atoms with Gasteiger partial charge in [-0.15, -0.1) is 0 Å². The van der Waals surface area contributed by atoms with Crippen LogP contribution in [0.4, 0.5) is 45.2 Å². The molecular weight excluding hydrogens is 2110 g/mol. The van der Waals surface area contributed by atoms with Gasteiger partial charge in [0, 0.05) is 159 Å². The Morgan fingerprint density at radius 3 is 1.30 bits per heavy atom. The van der Waals surface area contributed by atoms with Crippen LogP contribution in [0.25, 0.3) is 0 Å². The average Bonchev–Trinajstić information content (AvgIpc) is 1.75. The van der Waals surface area contributed by atoms with Gasteiger partial charge in [-0.25, -0.2) is 50.5 Å². The number of nitrogens with zero attached hydrogens (tertiary/aromatic N) is 5. The number of rotatable bonds is 24. The minimum atomic E-state index is -4.76. The van der Waals surface area contributed by atoms with Gasteiger partial charge < -0.3 is 19.2 Å². The number of nitrogens with one attached hydrogen (secondary N) is 2. The number of Topliss-reactive ketones (excluding diaryl/α,β-unsaturated/α-hetero) is 9. The van der Waals surface area contributed by atoms with Crippen molar-refractivity contribution in [2.45, 2.75) is 151 Å². The molecule has 14 rings (SSSR count). The predicted octanol–water partition coefficient (Wildman–Crippen LogP) is 11.6. The molecule has 0 saturated heterocycles. The summed E-state index contributed by atoms with van der Waals surface area (Å²) in [6.45, 7) is 0.960. The quantitative estimate of drug-likeness (QED) is 0.0186. The molecule has 0 unspecified atom stereocenters. The number of hydrogen-bond acceptors (Lipinski definition) is 33. The number of benzene rings is 6. The molecule has 55 heteroatoms. The molecule has 0 radical (unpaired) electrons. The van der Waals surface area contributed by atoms with Gasteiger partial charge in [0.25, 0.3) is 16.8 Å². The van der Waals surface area contributed by atoms with Crippen molar-refractivity contribution in [1.82, 2.24) is 24.7 Å². The molecule has 2 N–H and O–H groups in total. The van der Waals surface area contributed by atoms with E-state index in [0.29, 0.717) is 85.4 Å². The number of nitro groups is 1. The zero-order chi connectivity index (χ0) is 109. The number of carbonyl (C=O) groups is 12. The molecule has 0 amide bonds. The average molecular weight is 2190 g/mol. The van der Waals surface area contributed by atoms with E-state index in [1.807, 2.05) is 0 Å². The molecule has 1 aliphatic heterocycles. The molecule has 145 heavy (non-hydrogen) atoms. The van der Waals surface area contributed by atoms with E-state index in [9.17, 15) is 167 Å². The van der Waals surface area contributed by atoms with Crippen molar-refractivity contribution in [1.29, 1.82) is 0 Å². The fourth-order valence-corrected chi connectivity index (χ4v) is 20.8. The maximum Gasteiger partial charge on any atom is 0.416 e. The van der Waals surface area contributed by atoms with Crippen LogP contribution in [-0.2, 0) is 130 Å². The fourth-order valence-electron chi connectivity index (χ4n) is 15.2. The first kappa shape index (κ1) is 116. The second-order valence-corrected chi connectivity index (χ2v) is 46.3. The first-order chi connectivity index (χ1) is 66.8. The minimum Gasteiger partial charge on any atom is -0.395 e. The van der Waals surface area contributed by atoms with E-state index in [-0.39, 0.29) is 114 Å². The van der Waals surface area contributed by atoms with Gasteiger partial charge in [-0.3, -0.25) is 91.7 Å². The first-order valence-corrected chi connectivity index (χ1v) is 54.3. The van der Waals surface area contributed by atoms with Crippen LogP contribution in [-0.4, -0.2) is 212 Å². The summed E-state index contributed by atoms with van der Waals surface area (Å²) in [5, 5.41) is 23.3. The minimum absolute atomic E-state index is 0.00216. The van der Waals surface area contributed by atoms with E-state index in [4.69, 9.17) is 32.6 Å². The predicted molar refractivity (Wildman–Crippen MR) is 492 cm³/mol. The summed E-state index contributed by atoms with van der Waals surface area (Å²) in [6.07, 6.45) is -2.48. The highest BCUT2D eigenvalue weighted by Crippen LogP contribution is 2.44. The Hall–Kier alpha value is -12.9. The van der Waals surface area contributed by atoms with Crippen LogP contribution in [0.5, 0.6) is 0 Å². The maximum atomic E-state index is 12.8. The molecule has 4 saturated carbocycles. The lowest BCUT2D eigenvalue weighted by atomic mass is 9.81. The molecule has 38 nitrogen and oxygen atoms in total. The number of H-pyrrole nitrogens is 2. The lowest BCUT2D eigenvalue weighted by Crippen LogP contribution is -2.35. The molecule has 0 atom stereocenters. The van der Waals surface area contributed by atoms with E-state index >= 15 is 0 Å². The highest BCUT2D eigenvalue weighted by Gasteiger charge is 2.45. The number of sulfone groups is 6. The number of ether oxygens (including phenoxy) is 1. The Morgan fingerprint density at radius 1 is 0.490 bits per heavy atom. The van der Waals surface area contributed by atoms with Gasteiger partial charge in [0.1, 0.15) is 42.1 Å². The number of oxime groups is 1. The second kappa shape index (κ2) is 45.0. The van der Waals surface area contributed by atoms with Crippen molar-refractivity contribution >= 4 is 163 Å². The normalized spacial score (nSPS) is 15.3. The molecule has 6 aromatic carbocycles. The van der Waals surface area contributed by atoms with E-state index < -0.39 is 242 Å². The molecule has 0 spiro atoms. The maximum absolute atomic E-state index is 12.8. The number of halogens is 11. The van der Waals surface area contributed by atoms with Crippen LogP contribution in [0.3, 0.4) is 0 Å². The Balaban J connectivity index is 0.000000194. The third kappa shape index (κ3) is 28.0. The first-order valence-electron chi connectivity index (χ1n) is 42.2. The molecule has 778 valence electrons. The Kier molecular flexibility index (Phi) is 35.9. The van der Waals surface area contributed by atoms with Crippen molar-refractivity contribution in [2.75, 3.05) is 50.7 Å². The fraction of sp³-hybridized carbons (Fsp3) is 0.356. The number of hydrogen-bond donors (Lipinski definition) is 2. The highest BCUT2D eigenvalue weighted by atomic mass is 35.5. The second-order valence-electron chi connectivity index (χ2n) is 33.5. The number of ketones is 12. The largest absolute Gasteiger partial charge is 0.416 e. The summed E-state index contributed by atoms with van der Waals surface area (Å²) >= 11 is 12.0. The topological polar surface area (TPSA) is 585 Å². The van der Waals surface area contributed by atoms with Gasteiger partial charge in [-0.2, -0.15) is 39.5 Å². The van der Waals surface area contributed by atoms with Crippen molar-refractivity contribution in [3.05, 3.63) is 240 Å². The van der Waals surface area contributed by atoms with Gasteiger partial charge in [0.15, 0.2) is 128 Å². The number of aryl methyl sites for hydroxylation is 3. The lowest BCUT2D eigenvalue weighted by molar-refractivity contribution is -0.385. The van der Waals surface area contributed by atoms with Gasteiger partial charge in [-0.1, -0.05) is 33.5 Å². The van der Waals surface area contributed by atoms with Crippen molar-refractivity contribution < 1.29 is 167 Å². The lowest BCUT2D eigenvalue weighted by Gasteiger charge is -2.20. The molecule has 4 aliphatic carbocycles. The highest BCUT2D eigenvalue weighted by molar-refractivity contribution is 7.92. The molecule has 3 aromatic heterocycles. The van der Waals surface area contributed by atoms with Gasteiger partial charge >= 0.3 is 18.5 Å². The van der Waals surface area contributed by atoms with Gasteiger partial charge in [0.2, 0.25) is 5.78 Å². The summed E-state index contributed by atoms with van der Waals surface area (Å²) in [5.74, 6) is -11.7. The van der Waals surface area contributed by atoms with E-state index in [1.165, 1.54) is 62.4 Å². The summed E-state index contributed by atoms with van der Waals surface area (Å²) in [7, 11) is -19.9. The van der Waals surface area contributed by atoms with Crippen LogP contribution in [0, 0.1) is 41.7 Å². The number of aromatic nitrogens is 5. The summed E-state index contributed by atoms with van der Waals surface area (Å²) in [4.78, 5) is 184. The molecule has 4 heterocycles. The summed E-state index contributed by atoms with van der Waals surface area (Å²) in [6, 6.07) is 15.1. The van der Waals surface area contributed by atoms with Crippen LogP contribution >= 0.6 is 23.2 Å². The van der Waals surface area contributed by atoms with Gasteiger partial charge in [0.05, 0.1) is 85.1 Å².